The smallest absolute Gasteiger partial charge is 0.303 e. The number of hydrogen-bond donors (Lipinski definition) is 1. The van der Waals surface area contributed by atoms with Crippen molar-refractivity contribution in [2.24, 2.45) is 5.41 Å². The lowest BCUT2D eigenvalue weighted by Crippen LogP contribution is -2.36. The van der Waals surface area contributed by atoms with Crippen molar-refractivity contribution in [3.8, 4) is 0 Å². The Hall–Kier alpha value is -1.32. The van der Waals surface area contributed by atoms with Gasteiger partial charge in [0.1, 0.15) is 0 Å². The van der Waals surface area contributed by atoms with Crippen LogP contribution in [0, 0.1) is 5.41 Å². The number of carbonyl (C=O) groups excluding carboxylic acids is 1. The Balaban J connectivity index is 2.69. The van der Waals surface area contributed by atoms with Gasteiger partial charge in [-0.1, -0.05) is 25.8 Å². The molecule has 1 amide bonds. The van der Waals surface area contributed by atoms with Gasteiger partial charge in [-0.3, -0.25) is 9.59 Å². The van der Waals surface area contributed by atoms with E-state index in [2.05, 4.69) is 6.58 Å². The predicted octanol–water partition coefficient (Wildman–Crippen LogP) is 2.84. The highest BCUT2D eigenvalue weighted by Crippen LogP contribution is 2.44. The fraction of sp³-hybridized carbons (Fsp3) is 0.733. The molecular formula is C15H25NO3. The molecule has 0 saturated heterocycles. The molecule has 1 aliphatic rings. The van der Waals surface area contributed by atoms with Crippen molar-refractivity contribution in [3.05, 3.63) is 12.7 Å². The van der Waals surface area contributed by atoms with Gasteiger partial charge in [0.2, 0.25) is 5.91 Å². The summed E-state index contributed by atoms with van der Waals surface area (Å²) in [6, 6.07) is 0. The van der Waals surface area contributed by atoms with Crippen LogP contribution in [0.2, 0.25) is 0 Å². The zero-order chi connectivity index (χ0) is 14.3. The van der Waals surface area contributed by atoms with Crippen molar-refractivity contribution in [1.29, 1.82) is 0 Å². The van der Waals surface area contributed by atoms with Gasteiger partial charge in [0.15, 0.2) is 0 Å². The Morgan fingerprint density at radius 1 is 1.32 bits per heavy atom. The first kappa shape index (κ1) is 15.7. The molecule has 0 bridgehead atoms. The van der Waals surface area contributed by atoms with Gasteiger partial charge in [-0.2, -0.15) is 0 Å². The predicted molar refractivity (Wildman–Crippen MR) is 74.8 cm³/mol. The van der Waals surface area contributed by atoms with Gasteiger partial charge in [-0.05, 0) is 24.7 Å². The third kappa shape index (κ3) is 4.69. The van der Waals surface area contributed by atoms with Gasteiger partial charge in [-0.25, -0.2) is 0 Å². The molecule has 0 aliphatic heterocycles. The minimum Gasteiger partial charge on any atom is -0.481 e. The van der Waals surface area contributed by atoms with Crippen LogP contribution >= 0.6 is 0 Å². The first-order chi connectivity index (χ1) is 9.03. The second kappa shape index (κ2) is 7.31. The summed E-state index contributed by atoms with van der Waals surface area (Å²) in [5, 5.41) is 9.06. The maximum absolute atomic E-state index is 12.4. The summed E-state index contributed by atoms with van der Waals surface area (Å²) in [5.41, 5.74) is -0.309. The molecule has 1 rings (SSSR count). The quantitative estimate of drug-likeness (QED) is 0.688. The van der Waals surface area contributed by atoms with Crippen LogP contribution in [0.3, 0.4) is 0 Å². The Morgan fingerprint density at radius 3 is 2.42 bits per heavy atom. The van der Waals surface area contributed by atoms with Crippen molar-refractivity contribution in [3.63, 3.8) is 0 Å². The molecule has 108 valence electrons. The average Bonchev–Trinajstić information content (AvgIpc) is 2.76. The summed E-state index contributed by atoms with van der Waals surface area (Å²) in [6.45, 7) is 6.98. The molecule has 0 aromatic carbocycles. The maximum atomic E-state index is 12.4. The molecule has 1 N–H and O–H groups in total. The SMILES string of the molecule is C=CCN(CCC)C(=O)CC1(CC(=O)O)CCCC1. The van der Waals surface area contributed by atoms with Crippen LogP contribution in [-0.4, -0.2) is 35.0 Å². The summed E-state index contributed by atoms with van der Waals surface area (Å²) in [5.74, 6) is -0.717. The molecule has 1 fully saturated rings. The Morgan fingerprint density at radius 2 is 1.95 bits per heavy atom. The van der Waals surface area contributed by atoms with Crippen LogP contribution in [-0.2, 0) is 9.59 Å². The summed E-state index contributed by atoms with van der Waals surface area (Å²) < 4.78 is 0. The van der Waals surface area contributed by atoms with Gasteiger partial charge in [0, 0.05) is 19.5 Å². The Bertz CT molecular complexity index is 332. The summed E-state index contributed by atoms with van der Waals surface area (Å²) >= 11 is 0. The summed E-state index contributed by atoms with van der Waals surface area (Å²) in [6.07, 6.45) is 6.92. The van der Waals surface area contributed by atoms with Crippen LogP contribution in [0.15, 0.2) is 12.7 Å². The zero-order valence-electron chi connectivity index (χ0n) is 11.9. The molecule has 1 saturated carbocycles. The van der Waals surface area contributed by atoms with E-state index in [0.29, 0.717) is 19.5 Å². The lowest BCUT2D eigenvalue weighted by atomic mass is 9.79. The first-order valence-corrected chi connectivity index (χ1v) is 7.13. The van der Waals surface area contributed by atoms with Crippen molar-refractivity contribution in [1.82, 2.24) is 4.90 Å². The largest absolute Gasteiger partial charge is 0.481 e. The van der Waals surface area contributed by atoms with Crippen molar-refractivity contribution < 1.29 is 14.7 Å². The molecular weight excluding hydrogens is 242 g/mol. The molecule has 4 nitrogen and oxygen atoms in total. The van der Waals surface area contributed by atoms with E-state index >= 15 is 0 Å². The molecule has 4 heteroatoms. The number of aliphatic carboxylic acids is 1. The number of carbonyl (C=O) groups is 2. The van der Waals surface area contributed by atoms with E-state index in [4.69, 9.17) is 5.11 Å². The van der Waals surface area contributed by atoms with Gasteiger partial charge in [-0.15, -0.1) is 6.58 Å². The van der Waals surface area contributed by atoms with Crippen LogP contribution in [0.4, 0.5) is 0 Å². The third-order valence-electron chi connectivity index (χ3n) is 3.91. The van der Waals surface area contributed by atoms with E-state index in [-0.39, 0.29) is 17.7 Å². The number of carboxylic acid groups (broad SMARTS) is 1. The number of hydrogen-bond acceptors (Lipinski definition) is 2. The highest BCUT2D eigenvalue weighted by Gasteiger charge is 2.38. The molecule has 0 spiro atoms. The molecule has 0 atom stereocenters. The monoisotopic (exact) mass is 267 g/mol. The van der Waals surface area contributed by atoms with Crippen molar-refractivity contribution in [2.45, 2.75) is 51.9 Å². The van der Waals surface area contributed by atoms with Crippen LogP contribution < -0.4 is 0 Å². The first-order valence-electron chi connectivity index (χ1n) is 7.13. The summed E-state index contributed by atoms with van der Waals surface area (Å²) in [7, 11) is 0. The lowest BCUT2D eigenvalue weighted by molar-refractivity contribution is -0.141. The van der Waals surface area contributed by atoms with E-state index in [9.17, 15) is 9.59 Å². The second-order valence-electron chi connectivity index (χ2n) is 5.58. The number of nitrogens with zero attached hydrogens (tertiary/aromatic N) is 1. The van der Waals surface area contributed by atoms with Gasteiger partial charge in [0.25, 0.3) is 0 Å². The van der Waals surface area contributed by atoms with E-state index in [1.165, 1.54) is 0 Å². The van der Waals surface area contributed by atoms with Crippen molar-refractivity contribution in [2.75, 3.05) is 13.1 Å². The Kier molecular flexibility index (Phi) is 6.06. The van der Waals surface area contributed by atoms with Crippen LogP contribution in [0.1, 0.15) is 51.9 Å². The number of carboxylic acids is 1. The van der Waals surface area contributed by atoms with E-state index in [1.807, 2.05) is 6.92 Å². The lowest BCUT2D eigenvalue weighted by Gasteiger charge is -2.30. The fourth-order valence-corrected chi connectivity index (χ4v) is 3.04. The normalized spacial score (nSPS) is 17.1. The van der Waals surface area contributed by atoms with Gasteiger partial charge < -0.3 is 10.0 Å². The highest BCUT2D eigenvalue weighted by atomic mass is 16.4. The Labute approximate surface area is 115 Å². The van der Waals surface area contributed by atoms with Crippen LogP contribution in [0.5, 0.6) is 0 Å². The molecule has 0 heterocycles. The zero-order valence-corrected chi connectivity index (χ0v) is 11.9. The molecule has 1 aliphatic carbocycles. The minimum absolute atomic E-state index is 0.0740. The van der Waals surface area contributed by atoms with Gasteiger partial charge in [0.05, 0.1) is 6.42 Å². The molecule has 0 unspecified atom stereocenters. The molecule has 0 radical (unpaired) electrons. The fourth-order valence-electron chi connectivity index (χ4n) is 3.04. The molecule has 0 aromatic heterocycles. The summed E-state index contributed by atoms with van der Waals surface area (Å²) in [4.78, 5) is 25.2. The van der Waals surface area contributed by atoms with Gasteiger partial charge >= 0.3 is 5.97 Å². The second-order valence-corrected chi connectivity index (χ2v) is 5.58. The minimum atomic E-state index is -0.791. The van der Waals surface area contributed by atoms with Crippen LogP contribution in [0.25, 0.3) is 0 Å². The number of amides is 1. The molecule has 19 heavy (non-hydrogen) atoms. The van der Waals surface area contributed by atoms with E-state index < -0.39 is 5.97 Å². The van der Waals surface area contributed by atoms with Crippen molar-refractivity contribution >= 4 is 11.9 Å². The third-order valence-corrected chi connectivity index (χ3v) is 3.91. The van der Waals surface area contributed by atoms with E-state index in [1.54, 1.807) is 11.0 Å². The number of rotatable bonds is 8. The maximum Gasteiger partial charge on any atom is 0.303 e. The highest BCUT2D eigenvalue weighted by molar-refractivity contribution is 5.78. The topological polar surface area (TPSA) is 57.6 Å². The standard InChI is InChI=1S/C15H25NO3/c1-3-9-16(10-4-2)13(17)11-15(12-14(18)19)7-5-6-8-15/h3H,1,4-12H2,2H3,(H,18,19). The molecule has 0 aromatic rings. The average molecular weight is 267 g/mol. The van der Waals surface area contributed by atoms with E-state index in [0.717, 1.165) is 32.1 Å².